The Balaban J connectivity index is 1.65. The van der Waals surface area contributed by atoms with Gasteiger partial charge in [-0.2, -0.15) is 0 Å². The van der Waals surface area contributed by atoms with E-state index in [9.17, 15) is 4.79 Å². The number of fused-ring (bicyclic) bond motifs is 3. The first-order valence-electron chi connectivity index (χ1n) is 10.5. The highest BCUT2D eigenvalue weighted by Gasteiger charge is 2.32. The highest BCUT2D eigenvalue weighted by molar-refractivity contribution is 7.11. The minimum absolute atomic E-state index is 0.0142. The molecule has 0 fully saturated rings. The molecule has 0 bridgehead atoms. The zero-order valence-corrected chi connectivity index (χ0v) is 19.1. The smallest absolute Gasteiger partial charge is 0.271 e. The van der Waals surface area contributed by atoms with Crippen molar-refractivity contribution in [2.24, 2.45) is 4.99 Å². The van der Waals surface area contributed by atoms with E-state index in [1.54, 1.807) is 18.4 Å². The molecule has 0 spiro atoms. The molecule has 0 saturated heterocycles. The number of aryl methyl sites for hydroxylation is 1. The zero-order chi connectivity index (χ0) is 21.7. The van der Waals surface area contributed by atoms with Crippen molar-refractivity contribution < 1.29 is 4.74 Å². The maximum atomic E-state index is 13.6. The first-order chi connectivity index (χ1) is 15.7. The summed E-state index contributed by atoms with van der Waals surface area (Å²) in [5.74, 6) is 0.790. The van der Waals surface area contributed by atoms with E-state index in [-0.39, 0.29) is 11.6 Å². The summed E-state index contributed by atoms with van der Waals surface area (Å²) in [5.41, 5.74) is 5.78. The van der Waals surface area contributed by atoms with E-state index < -0.39 is 0 Å². The molecule has 6 rings (SSSR count). The van der Waals surface area contributed by atoms with E-state index >= 15 is 0 Å². The first kappa shape index (κ1) is 19.5. The molecule has 0 saturated carbocycles. The van der Waals surface area contributed by atoms with Crippen molar-refractivity contribution in [3.05, 3.63) is 113 Å². The Bertz CT molecular complexity index is 1540. The van der Waals surface area contributed by atoms with Gasteiger partial charge in [0.15, 0.2) is 4.80 Å². The van der Waals surface area contributed by atoms with Crippen molar-refractivity contribution in [1.82, 2.24) is 4.57 Å². The van der Waals surface area contributed by atoms with Crippen LogP contribution in [-0.4, -0.2) is 11.7 Å². The minimum Gasteiger partial charge on any atom is -0.497 e. The number of hydrogen-bond acceptors (Lipinski definition) is 5. The molecule has 0 N–H and O–H groups in total. The van der Waals surface area contributed by atoms with E-state index in [1.165, 1.54) is 28.0 Å². The molecule has 6 heteroatoms. The lowest BCUT2D eigenvalue weighted by Gasteiger charge is -2.31. The molecule has 1 aliphatic carbocycles. The van der Waals surface area contributed by atoms with Crippen LogP contribution in [0.4, 0.5) is 0 Å². The number of rotatable bonds is 3. The third kappa shape index (κ3) is 3.10. The lowest BCUT2D eigenvalue weighted by molar-refractivity contribution is 0.413. The van der Waals surface area contributed by atoms with E-state index in [0.29, 0.717) is 4.53 Å². The van der Waals surface area contributed by atoms with Gasteiger partial charge in [-0.05, 0) is 59.2 Å². The van der Waals surface area contributed by atoms with E-state index in [2.05, 4.69) is 30.3 Å². The average Bonchev–Trinajstić information content (AvgIpc) is 3.46. The van der Waals surface area contributed by atoms with Crippen LogP contribution in [0.25, 0.3) is 11.8 Å². The van der Waals surface area contributed by atoms with Crippen LogP contribution >= 0.6 is 22.7 Å². The summed E-state index contributed by atoms with van der Waals surface area (Å²) < 4.78 is 8.10. The van der Waals surface area contributed by atoms with Crippen LogP contribution in [0.5, 0.6) is 5.75 Å². The number of aromatic nitrogens is 1. The number of allylic oxidation sites excluding steroid dienone is 1. The Hall–Kier alpha value is -3.22. The second kappa shape index (κ2) is 7.73. The van der Waals surface area contributed by atoms with Gasteiger partial charge in [0.1, 0.15) is 5.75 Å². The van der Waals surface area contributed by atoms with Crippen LogP contribution in [-0.2, 0) is 6.42 Å². The summed E-state index contributed by atoms with van der Waals surface area (Å²) >= 11 is 3.10. The molecule has 2 aromatic heterocycles. The Morgan fingerprint density at radius 3 is 2.84 bits per heavy atom. The summed E-state index contributed by atoms with van der Waals surface area (Å²) in [4.78, 5) is 20.5. The topological polar surface area (TPSA) is 43.6 Å². The van der Waals surface area contributed by atoms with Gasteiger partial charge in [-0.1, -0.05) is 53.8 Å². The summed E-state index contributed by atoms with van der Waals surface area (Å²) in [6.07, 6.45) is 3.81. The average molecular weight is 457 g/mol. The Kier molecular flexibility index (Phi) is 4.70. The van der Waals surface area contributed by atoms with Gasteiger partial charge in [-0.3, -0.25) is 9.36 Å². The molecule has 1 unspecified atom stereocenters. The molecule has 0 radical (unpaired) electrons. The first-order valence-corrected chi connectivity index (χ1v) is 12.2. The predicted molar refractivity (Wildman–Crippen MR) is 130 cm³/mol. The molecular weight excluding hydrogens is 436 g/mol. The molecule has 2 aliphatic rings. The van der Waals surface area contributed by atoms with Gasteiger partial charge in [0.05, 0.1) is 23.4 Å². The monoisotopic (exact) mass is 456 g/mol. The summed E-state index contributed by atoms with van der Waals surface area (Å²) in [5, 5.41) is 2.03. The molecule has 2 aromatic carbocycles. The lowest BCUT2D eigenvalue weighted by atomic mass is 9.83. The summed E-state index contributed by atoms with van der Waals surface area (Å²) in [6.45, 7) is 0. The van der Waals surface area contributed by atoms with Crippen molar-refractivity contribution in [3.63, 3.8) is 0 Å². The van der Waals surface area contributed by atoms with Crippen molar-refractivity contribution in [2.75, 3.05) is 7.11 Å². The minimum atomic E-state index is -0.185. The number of benzene rings is 2. The fraction of sp³-hybridized carbons (Fsp3) is 0.154. The summed E-state index contributed by atoms with van der Waals surface area (Å²) in [7, 11) is 1.67. The highest BCUT2D eigenvalue weighted by atomic mass is 32.1. The van der Waals surface area contributed by atoms with Gasteiger partial charge in [-0.25, -0.2) is 4.99 Å². The molecule has 4 nitrogen and oxygen atoms in total. The van der Waals surface area contributed by atoms with E-state index in [4.69, 9.17) is 9.73 Å². The van der Waals surface area contributed by atoms with Gasteiger partial charge in [0.25, 0.3) is 5.56 Å². The maximum absolute atomic E-state index is 13.6. The van der Waals surface area contributed by atoms with Crippen LogP contribution in [0, 0.1) is 0 Å². The molecule has 1 aliphatic heterocycles. The largest absolute Gasteiger partial charge is 0.497 e. The Labute approximate surface area is 193 Å². The lowest BCUT2D eigenvalue weighted by Crippen LogP contribution is -2.38. The number of thiophene rings is 1. The third-order valence-electron chi connectivity index (χ3n) is 6.10. The van der Waals surface area contributed by atoms with E-state index in [1.807, 2.05) is 46.4 Å². The van der Waals surface area contributed by atoms with Gasteiger partial charge in [0.2, 0.25) is 0 Å². The van der Waals surface area contributed by atoms with Gasteiger partial charge in [-0.15, -0.1) is 11.3 Å². The number of nitrogens with zero attached hydrogens (tertiary/aromatic N) is 2. The van der Waals surface area contributed by atoms with Crippen molar-refractivity contribution >= 4 is 34.4 Å². The molecule has 0 amide bonds. The maximum Gasteiger partial charge on any atom is 0.271 e. The molecule has 4 aromatic rings. The molecular formula is C26H20N2O2S2. The number of ether oxygens (including phenoxy) is 1. The van der Waals surface area contributed by atoms with Gasteiger partial charge in [0, 0.05) is 10.4 Å². The Morgan fingerprint density at radius 2 is 2.00 bits per heavy atom. The van der Waals surface area contributed by atoms with Crippen molar-refractivity contribution in [2.45, 2.75) is 18.9 Å². The van der Waals surface area contributed by atoms with Gasteiger partial charge >= 0.3 is 0 Å². The van der Waals surface area contributed by atoms with Crippen LogP contribution < -0.4 is 19.6 Å². The second-order valence-corrected chi connectivity index (χ2v) is 9.89. The molecule has 1 atom stereocenters. The van der Waals surface area contributed by atoms with Crippen LogP contribution in [0.2, 0.25) is 0 Å². The predicted octanol–water partition coefficient (Wildman–Crippen LogP) is 4.39. The Morgan fingerprint density at radius 1 is 1.09 bits per heavy atom. The standard InChI is InChI=1S/C26H20N2O2S2/c1-30-18-8-4-7-17(14-18)24-21-12-11-16-6-2-3-10-20(16)23(21)27-26-28(24)25(29)22(32-26)15-19-9-5-13-31-19/h2-10,13-15,24H,11-12H2,1H3/b22-15+. The third-order valence-corrected chi connectivity index (χ3v) is 7.90. The quantitative estimate of drug-likeness (QED) is 0.459. The molecule has 3 heterocycles. The molecule has 32 heavy (non-hydrogen) atoms. The second-order valence-electron chi connectivity index (χ2n) is 7.91. The molecule has 158 valence electrons. The number of methoxy groups -OCH3 is 1. The van der Waals surface area contributed by atoms with Crippen molar-refractivity contribution in [3.8, 4) is 5.75 Å². The summed E-state index contributed by atoms with van der Waals surface area (Å²) in [6, 6.07) is 20.4. The van der Waals surface area contributed by atoms with Crippen molar-refractivity contribution in [1.29, 1.82) is 0 Å². The zero-order valence-electron chi connectivity index (χ0n) is 17.4. The van der Waals surface area contributed by atoms with Crippen LogP contribution in [0.3, 0.4) is 0 Å². The SMILES string of the molecule is COc1cccc(C2C3=C(N=c4s/c(=C/c5cccs5)c(=O)n42)c2ccccc2CC3)c1. The fourth-order valence-electron chi connectivity index (χ4n) is 4.64. The van der Waals surface area contributed by atoms with Crippen LogP contribution in [0.1, 0.15) is 34.0 Å². The van der Waals surface area contributed by atoms with Gasteiger partial charge < -0.3 is 4.74 Å². The number of thiazole rings is 1. The number of hydrogen-bond donors (Lipinski definition) is 0. The highest BCUT2D eigenvalue weighted by Crippen LogP contribution is 2.41. The van der Waals surface area contributed by atoms with E-state index in [0.717, 1.165) is 39.5 Å². The normalized spacial score (nSPS) is 17.4. The fourth-order valence-corrected chi connectivity index (χ4v) is 6.36. The van der Waals surface area contributed by atoms with Crippen LogP contribution in [0.15, 0.2) is 81.4 Å².